The van der Waals surface area contributed by atoms with Crippen molar-refractivity contribution in [2.75, 3.05) is 29.9 Å². The monoisotopic (exact) mass is 320 g/mol. The van der Waals surface area contributed by atoms with Crippen LogP contribution in [0.15, 0.2) is 30.3 Å². The zero-order valence-corrected chi connectivity index (χ0v) is 13.5. The molecule has 2 aromatic heterocycles. The molecule has 0 spiro atoms. The van der Waals surface area contributed by atoms with Crippen LogP contribution in [-0.2, 0) is 12.8 Å². The number of hydrogen-bond acceptors (Lipinski definition) is 5. The normalized spacial score (nSPS) is 17.1. The van der Waals surface area contributed by atoms with Gasteiger partial charge in [0.15, 0.2) is 5.82 Å². The third kappa shape index (κ3) is 2.38. The molecule has 1 fully saturated rings. The highest BCUT2D eigenvalue weighted by Gasteiger charge is 2.29. The quantitative estimate of drug-likeness (QED) is 0.772. The number of aromatic nitrogens is 4. The highest BCUT2D eigenvalue weighted by atomic mass is 15.3. The zero-order valence-electron chi connectivity index (χ0n) is 13.5. The number of rotatable bonds is 4. The maximum absolute atomic E-state index is 4.56. The summed E-state index contributed by atoms with van der Waals surface area (Å²) in [5.74, 6) is 2.51. The van der Waals surface area contributed by atoms with Crippen LogP contribution < -0.4 is 10.2 Å². The predicted molar refractivity (Wildman–Crippen MR) is 94.3 cm³/mol. The van der Waals surface area contributed by atoms with Crippen LogP contribution in [0.2, 0.25) is 0 Å². The van der Waals surface area contributed by atoms with Crippen molar-refractivity contribution in [2.45, 2.75) is 19.3 Å². The van der Waals surface area contributed by atoms with Crippen molar-refractivity contribution in [3.8, 4) is 0 Å². The third-order valence-corrected chi connectivity index (χ3v) is 5.04. The number of nitrogens with one attached hydrogen (secondary N) is 2. The van der Waals surface area contributed by atoms with Gasteiger partial charge in [-0.1, -0.05) is 12.1 Å². The molecule has 0 radical (unpaired) electrons. The SMILES string of the molecule is c1ccc2[nH]c(NCC3CN(c4cc5c(nn4)CCC5)C3)nc2c1. The number of aryl methyl sites for hydroxylation is 2. The van der Waals surface area contributed by atoms with Gasteiger partial charge in [0, 0.05) is 25.6 Å². The van der Waals surface area contributed by atoms with E-state index < -0.39 is 0 Å². The minimum atomic E-state index is 0.619. The Hall–Kier alpha value is -2.63. The molecule has 0 atom stereocenters. The molecule has 2 N–H and O–H groups in total. The van der Waals surface area contributed by atoms with Gasteiger partial charge in [0.2, 0.25) is 5.95 Å². The average Bonchev–Trinajstić information content (AvgIpc) is 3.18. The smallest absolute Gasteiger partial charge is 0.201 e. The van der Waals surface area contributed by atoms with Crippen LogP contribution in [-0.4, -0.2) is 39.8 Å². The molecule has 24 heavy (non-hydrogen) atoms. The van der Waals surface area contributed by atoms with Crippen LogP contribution in [0.3, 0.4) is 0 Å². The number of aromatic amines is 1. The van der Waals surface area contributed by atoms with Gasteiger partial charge in [-0.3, -0.25) is 0 Å². The number of imidazole rings is 1. The minimum absolute atomic E-state index is 0.619. The first-order valence-corrected chi connectivity index (χ1v) is 8.64. The molecule has 0 amide bonds. The Bertz CT molecular complexity index is 847. The van der Waals surface area contributed by atoms with E-state index in [9.17, 15) is 0 Å². The molecule has 6 heteroatoms. The van der Waals surface area contributed by atoms with Gasteiger partial charge in [-0.2, -0.15) is 5.10 Å². The summed E-state index contributed by atoms with van der Waals surface area (Å²) in [5.41, 5.74) is 4.67. The molecule has 3 heterocycles. The number of para-hydroxylation sites is 2. The Balaban J connectivity index is 1.18. The molecule has 5 rings (SSSR count). The van der Waals surface area contributed by atoms with E-state index in [1.54, 1.807) is 0 Å². The van der Waals surface area contributed by atoms with Crippen LogP contribution in [0.4, 0.5) is 11.8 Å². The van der Waals surface area contributed by atoms with E-state index in [0.717, 1.165) is 55.3 Å². The molecule has 122 valence electrons. The number of fused-ring (bicyclic) bond motifs is 2. The molecule has 0 unspecified atom stereocenters. The van der Waals surface area contributed by atoms with Crippen LogP contribution in [0.25, 0.3) is 11.0 Å². The summed E-state index contributed by atoms with van der Waals surface area (Å²) < 4.78 is 0. The van der Waals surface area contributed by atoms with Crippen molar-refractivity contribution in [3.63, 3.8) is 0 Å². The van der Waals surface area contributed by atoms with E-state index in [2.05, 4.69) is 36.4 Å². The maximum Gasteiger partial charge on any atom is 0.201 e. The van der Waals surface area contributed by atoms with E-state index in [0.29, 0.717) is 5.92 Å². The lowest BCUT2D eigenvalue weighted by molar-refractivity contribution is 0.424. The molecule has 1 aliphatic heterocycles. The summed E-state index contributed by atoms with van der Waals surface area (Å²) in [6, 6.07) is 10.3. The standard InChI is InChI=1S/C18H20N6/c1-2-6-16-15(5-1)20-18(21-16)19-9-12-10-24(11-12)17-8-13-4-3-7-14(13)22-23-17/h1-2,5-6,8,12H,3-4,7,9-11H2,(H2,19,20,21). The third-order valence-electron chi connectivity index (χ3n) is 5.04. The lowest BCUT2D eigenvalue weighted by Crippen LogP contribution is -2.50. The van der Waals surface area contributed by atoms with Crippen molar-refractivity contribution in [2.24, 2.45) is 5.92 Å². The van der Waals surface area contributed by atoms with Crippen LogP contribution >= 0.6 is 0 Å². The van der Waals surface area contributed by atoms with Crippen molar-refractivity contribution < 1.29 is 0 Å². The second-order valence-corrected chi connectivity index (χ2v) is 6.78. The van der Waals surface area contributed by atoms with Crippen molar-refractivity contribution >= 4 is 22.8 Å². The van der Waals surface area contributed by atoms with E-state index in [4.69, 9.17) is 0 Å². The fraction of sp³-hybridized carbons (Fsp3) is 0.389. The highest BCUT2D eigenvalue weighted by Crippen LogP contribution is 2.27. The number of benzene rings is 1. The topological polar surface area (TPSA) is 69.7 Å². The van der Waals surface area contributed by atoms with E-state index in [1.807, 2.05) is 24.3 Å². The molecule has 0 saturated carbocycles. The first-order chi connectivity index (χ1) is 11.8. The number of nitrogens with zero attached hydrogens (tertiary/aromatic N) is 4. The Morgan fingerprint density at radius 3 is 3.00 bits per heavy atom. The fourth-order valence-electron chi connectivity index (χ4n) is 3.64. The Morgan fingerprint density at radius 1 is 1.17 bits per heavy atom. The van der Waals surface area contributed by atoms with Crippen LogP contribution in [0, 0.1) is 5.92 Å². The average molecular weight is 320 g/mol. The van der Waals surface area contributed by atoms with Gasteiger partial charge in [0.1, 0.15) is 0 Å². The molecule has 3 aromatic rings. The Labute approximate surface area is 140 Å². The van der Waals surface area contributed by atoms with Crippen molar-refractivity contribution in [3.05, 3.63) is 41.6 Å². The Kier molecular flexibility index (Phi) is 3.14. The molecular formula is C18H20N6. The fourth-order valence-corrected chi connectivity index (χ4v) is 3.64. The van der Waals surface area contributed by atoms with Crippen molar-refractivity contribution in [1.29, 1.82) is 0 Å². The maximum atomic E-state index is 4.56. The number of anilines is 2. The molecule has 1 aromatic carbocycles. The largest absolute Gasteiger partial charge is 0.355 e. The second-order valence-electron chi connectivity index (χ2n) is 6.78. The summed E-state index contributed by atoms with van der Waals surface area (Å²) in [6.45, 7) is 2.98. The number of hydrogen-bond donors (Lipinski definition) is 2. The second kappa shape index (κ2) is 5.47. The van der Waals surface area contributed by atoms with E-state index >= 15 is 0 Å². The minimum Gasteiger partial charge on any atom is -0.355 e. The highest BCUT2D eigenvalue weighted by molar-refractivity contribution is 5.77. The molecule has 2 aliphatic rings. The lowest BCUT2D eigenvalue weighted by atomic mass is 10.00. The summed E-state index contributed by atoms with van der Waals surface area (Å²) in [6.07, 6.45) is 3.47. The van der Waals surface area contributed by atoms with E-state index in [-0.39, 0.29) is 0 Å². The van der Waals surface area contributed by atoms with Gasteiger partial charge in [0.05, 0.1) is 16.7 Å². The van der Waals surface area contributed by atoms with Gasteiger partial charge in [0.25, 0.3) is 0 Å². The molecule has 0 bridgehead atoms. The van der Waals surface area contributed by atoms with Crippen LogP contribution in [0.5, 0.6) is 0 Å². The molecule has 1 saturated heterocycles. The van der Waals surface area contributed by atoms with Gasteiger partial charge in [-0.05, 0) is 43.0 Å². The van der Waals surface area contributed by atoms with E-state index in [1.165, 1.54) is 17.7 Å². The first-order valence-electron chi connectivity index (χ1n) is 8.64. The number of H-pyrrole nitrogens is 1. The van der Waals surface area contributed by atoms with Gasteiger partial charge in [-0.15, -0.1) is 5.10 Å². The first kappa shape index (κ1) is 13.8. The van der Waals surface area contributed by atoms with Gasteiger partial charge in [-0.25, -0.2) is 4.98 Å². The summed E-state index contributed by atoms with van der Waals surface area (Å²) in [4.78, 5) is 10.2. The van der Waals surface area contributed by atoms with Gasteiger partial charge >= 0.3 is 0 Å². The summed E-state index contributed by atoms with van der Waals surface area (Å²) >= 11 is 0. The summed E-state index contributed by atoms with van der Waals surface area (Å²) in [5, 5.41) is 12.2. The molecule has 6 nitrogen and oxygen atoms in total. The van der Waals surface area contributed by atoms with Crippen molar-refractivity contribution in [1.82, 2.24) is 20.2 Å². The summed E-state index contributed by atoms with van der Waals surface area (Å²) in [7, 11) is 0. The zero-order chi connectivity index (χ0) is 15.9. The molecule has 1 aliphatic carbocycles. The molecular weight excluding hydrogens is 300 g/mol. The predicted octanol–water partition coefficient (Wildman–Crippen LogP) is 2.39. The van der Waals surface area contributed by atoms with Gasteiger partial charge < -0.3 is 15.2 Å². The Morgan fingerprint density at radius 2 is 2.08 bits per heavy atom. The lowest BCUT2D eigenvalue weighted by Gasteiger charge is -2.40. The van der Waals surface area contributed by atoms with Crippen LogP contribution in [0.1, 0.15) is 17.7 Å².